The van der Waals surface area contributed by atoms with Crippen molar-refractivity contribution in [3.05, 3.63) is 130 Å². The first kappa shape index (κ1) is 64.5. The molecule has 2 aromatic heterocycles. The largest absolute Gasteiger partial charge is 0.462 e. The number of likely N-dealkylation sites (N-methyl/N-ethyl adjacent to an activating group) is 1. The fourth-order valence-electron chi connectivity index (χ4n) is 16.6. The number of nitrogens with zero attached hydrogens (tertiary/aromatic N) is 14. The SMILES string of the molecule is CN1CCC[C@H]1COc1nc(N2CCN(C(=O)/C=C/COCCN3CCC[C@H]3COc3nc(N4CCN(C(=O)/C=C/CF)[C@@H](CC#N)C4)c4c(n3)C3(CCC3)N(c3cccc5cccc(Cl)c35)CC4)[C@@H](CC#N)C2)c2c(n1)C1(CCC1)N(c1cccc3cccc(Cl)c13)CC2. The summed E-state index contributed by atoms with van der Waals surface area (Å²) in [6.45, 7) is 7.51. The number of benzene rings is 4. The molecule has 6 aromatic rings. The minimum Gasteiger partial charge on any atom is -0.462 e. The lowest BCUT2D eigenvalue weighted by Crippen LogP contribution is -2.57. The topological polar surface area (TPSA) is 187 Å². The Bertz CT molecular complexity index is 3990. The number of fused-ring (bicyclic) bond motifs is 6. The first-order valence-corrected chi connectivity index (χ1v) is 35.0. The zero-order valence-corrected chi connectivity index (χ0v) is 55.7. The van der Waals surface area contributed by atoms with E-state index in [1.807, 2.05) is 29.2 Å². The molecule has 4 saturated heterocycles. The van der Waals surface area contributed by atoms with Crippen LogP contribution in [-0.4, -0.2) is 188 Å². The summed E-state index contributed by atoms with van der Waals surface area (Å²) in [4.78, 5) is 66.4. The van der Waals surface area contributed by atoms with Crippen LogP contribution in [0.1, 0.15) is 99.6 Å². The lowest BCUT2D eigenvalue weighted by atomic mass is 9.69. The molecule has 2 amide bonds. The second kappa shape index (κ2) is 28.1. The molecule has 19 nitrogen and oxygen atoms in total. The number of nitriles is 2. The third-order valence-electron chi connectivity index (χ3n) is 21.7. The van der Waals surface area contributed by atoms with E-state index >= 15 is 0 Å². The highest BCUT2D eigenvalue weighted by Gasteiger charge is 2.53. The van der Waals surface area contributed by atoms with E-state index in [0.29, 0.717) is 95.5 Å². The third-order valence-corrected chi connectivity index (χ3v) is 22.4. The minimum atomic E-state index is -0.743. The van der Waals surface area contributed by atoms with Gasteiger partial charge in [-0.3, -0.25) is 14.5 Å². The summed E-state index contributed by atoms with van der Waals surface area (Å²) >= 11 is 14.0. The second-order valence-corrected chi connectivity index (χ2v) is 27.7. The van der Waals surface area contributed by atoms with Crippen LogP contribution >= 0.6 is 23.2 Å². The number of carbonyl (C=O) groups excluding carboxylic acids is 2. The number of allylic oxidation sites excluding steroid dienone is 1. The van der Waals surface area contributed by atoms with Crippen LogP contribution in [0.3, 0.4) is 0 Å². The van der Waals surface area contributed by atoms with Gasteiger partial charge in [0.1, 0.15) is 31.5 Å². The van der Waals surface area contributed by atoms with Gasteiger partial charge in [-0.15, -0.1) is 0 Å². The van der Waals surface area contributed by atoms with Crippen LogP contribution in [0.5, 0.6) is 12.0 Å². The van der Waals surface area contributed by atoms with E-state index in [9.17, 15) is 24.5 Å². The molecule has 0 unspecified atom stereocenters. The highest BCUT2D eigenvalue weighted by atomic mass is 35.5. The predicted octanol–water partition coefficient (Wildman–Crippen LogP) is 10.7. The van der Waals surface area contributed by atoms with Gasteiger partial charge in [0.2, 0.25) is 11.8 Å². The normalized spacial score (nSPS) is 22.5. The Labute approximate surface area is 565 Å². The van der Waals surface area contributed by atoms with E-state index < -0.39 is 18.3 Å². The number of aromatic nitrogens is 4. The Morgan fingerprint density at radius 2 is 1.11 bits per heavy atom. The monoisotopic (exact) mass is 1320 g/mol. The summed E-state index contributed by atoms with van der Waals surface area (Å²) < 4.78 is 32.7. The lowest BCUT2D eigenvalue weighted by molar-refractivity contribution is -0.129. The average Bonchev–Trinajstić information content (AvgIpc) is 1.36. The minimum absolute atomic E-state index is 0.0862. The van der Waals surface area contributed by atoms with Crippen molar-refractivity contribution in [2.75, 3.05) is 132 Å². The first-order valence-electron chi connectivity index (χ1n) is 34.2. The van der Waals surface area contributed by atoms with Gasteiger partial charge < -0.3 is 48.5 Å². The van der Waals surface area contributed by atoms with Gasteiger partial charge in [0, 0.05) is 116 Å². The molecule has 8 heterocycles. The van der Waals surface area contributed by atoms with Gasteiger partial charge in [-0.1, -0.05) is 77.8 Å². The summed E-state index contributed by atoms with van der Waals surface area (Å²) in [5, 5.41) is 25.9. The van der Waals surface area contributed by atoms with Gasteiger partial charge in [0.15, 0.2) is 0 Å². The molecule has 6 fully saturated rings. The van der Waals surface area contributed by atoms with Crippen LogP contribution in [-0.2, 0) is 38.2 Å². The molecule has 2 aliphatic carbocycles. The van der Waals surface area contributed by atoms with Gasteiger partial charge in [0.25, 0.3) is 0 Å². The number of ether oxygens (including phenoxy) is 3. The number of hydrogen-bond acceptors (Lipinski definition) is 17. The molecule has 2 spiro atoms. The standard InChI is InChI=1S/C73H83Cl2FN14O5/c1-83-35-7-16-54(83)48-94-70-79-66-56(26-37-89(72(66)28-10-29-72)60-20-4-14-50-12-2-18-58(74)64(50)60)68(81-70)86-40-42-88(53(47-86)25-34-78)63(92)23-9-44-93-45-43-84-36-8-17-55(84)49-95-71-80-67-57(69(82-71)85-39-41-87(52(46-85)24-33-77)62(91)22-6-32-76)27-38-90(73(67)30-11-31-73)61-21-5-15-51-13-3-19-59(75)65(51)61/h2-6,9,12-15,18-23,52-55H,7-8,10-11,16-17,24-32,35-49H2,1H3/b22-6+,23-9+/t52-,53-,54-,55-/m0/s1. The molecule has 0 bridgehead atoms. The fraction of sp³-hybridized carbons (Fsp3) is 0.507. The summed E-state index contributed by atoms with van der Waals surface area (Å²) in [5.41, 5.74) is 5.54. The molecular formula is C73H83Cl2FN14O5. The van der Waals surface area contributed by atoms with Gasteiger partial charge in [-0.2, -0.15) is 30.5 Å². The van der Waals surface area contributed by atoms with E-state index in [4.69, 9.17) is 57.3 Å². The van der Waals surface area contributed by atoms with Crippen LogP contribution in [0, 0.1) is 22.7 Å². The van der Waals surface area contributed by atoms with Gasteiger partial charge in [-0.25, -0.2) is 4.39 Å². The van der Waals surface area contributed by atoms with Crippen LogP contribution < -0.4 is 29.1 Å². The van der Waals surface area contributed by atoms with Gasteiger partial charge in [0.05, 0.1) is 82.8 Å². The van der Waals surface area contributed by atoms with Crippen molar-refractivity contribution in [1.82, 2.24) is 39.5 Å². The van der Waals surface area contributed by atoms with E-state index in [2.05, 4.69) is 97.1 Å². The first-order chi connectivity index (χ1) is 46.5. The molecule has 2 saturated carbocycles. The smallest absolute Gasteiger partial charge is 0.318 e. The van der Waals surface area contributed by atoms with Crippen molar-refractivity contribution >= 4 is 79.6 Å². The Balaban J connectivity index is 0.637. The van der Waals surface area contributed by atoms with Crippen molar-refractivity contribution in [2.45, 2.75) is 125 Å². The average molecular weight is 1330 g/mol. The number of rotatable bonds is 20. The Morgan fingerprint density at radius 3 is 1.59 bits per heavy atom. The van der Waals surface area contributed by atoms with Crippen molar-refractivity contribution in [1.29, 1.82) is 10.5 Å². The molecular weight excluding hydrogens is 1240 g/mol. The molecule has 95 heavy (non-hydrogen) atoms. The number of alkyl halides is 1. The number of anilines is 4. The number of likely N-dealkylation sites (tertiary alicyclic amines) is 2. The van der Waals surface area contributed by atoms with E-state index in [1.165, 1.54) is 12.2 Å². The third kappa shape index (κ3) is 12.5. The highest BCUT2D eigenvalue weighted by Crippen LogP contribution is 2.56. The molecule has 6 aliphatic heterocycles. The maximum Gasteiger partial charge on any atom is 0.318 e. The van der Waals surface area contributed by atoms with Crippen molar-refractivity contribution in [2.24, 2.45) is 0 Å². The molecule has 0 radical (unpaired) electrons. The number of halogens is 3. The predicted molar refractivity (Wildman–Crippen MR) is 367 cm³/mol. The van der Waals surface area contributed by atoms with Crippen LogP contribution in [0.4, 0.5) is 27.4 Å². The quantitative estimate of drug-likeness (QED) is 0.0518. The van der Waals surface area contributed by atoms with E-state index in [1.54, 1.807) is 17.1 Å². The zero-order valence-electron chi connectivity index (χ0n) is 54.2. The Morgan fingerprint density at radius 1 is 0.611 bits per heavy atom. The van der Waals surface area contributed by atoms with Crippen molar-refractivity contribution < 1.29 is 28.2 Å². The molecule has 4 atom stereocenters. The van der Waals surface area contributed by atoms with Crippen LogP contribution in [0.2, 0.25) is 10.0 Å². The summed E-state index contributed by atoms with van der Waals surface area (Å²) in [6, 6.07) is 29.9. The van der Waals surface area contributed by atoms with Crippen molar-refractivity contribution in [3.63, 3.8) is 0 Å². The fourth-order valence-corrected chi connectivity index (χ4v) is 17.2. The van der Waals surface area contributed by atoms with Crippen LogP contribution in [0.25, 0.3) is 21.5 Å². The number of carbonyl (C=O) groups is 2. The molecule has 4 aromatic carbocycles. The molecule has 8 aliphatic rings. The second-order valence-electron chi connectivity index (χ2n) is 26.9. The maximum atomic E-state index is 14.2. The van der Waals surface area contributed by atoms with Crippen LogP contribution in [0.15, 0.2) is 97.1 Å². The highest BCUT2D eigenvalue weighted by molar-refractivity contribution is 6.37. The molecule has 0 N–H and O–H groups in total. The lowest BCUT2D eigenvalue weighted by Gasteiger charge is -2.55. The number of hydrogen-bond donors (Lipinski definition) is 0. The van der Waals surface area contributed by atoms with E-state index in [0.717, 1.165) is 162 Å². The summed E-state index contributed by atoms with van der Waals surface area (Å²) in [7, 11) is 2.15. The maximum absolute atomic E-state index is 14.2. The summed E-state index contributed by atoms with van der Waals surface area (Å²) in [6.07, 6.45) is 17.4. The number of piperazine rings is 2. The molecule has 496 valence electrons. The Hall–Kier alpha value is -7.85. The molecule has 22 heteroatoms. The Kier molecular flexibility index (Phi) is 19.1. The number of amides is 2. The van der Waals surface area contributed by atoms with E-state index in [-0.39, 0.29) is 54.9 Å². The zero-order chi connectivity index (χ0) is 65.2. The molecule has 14 rings (SSSR count). The van der Waals surface area contributed by atoms with Gasteiger partial charge >= 0.3 is 12.0 Å². The summed E-state index contributed by atoms with van der Waals surface area (Å²) in [5.74, 6) is 1.15. The van der Waals surface area contributed by atoms with Gasteiger partial charge in [-0.05, 0) is 138 Å². The van der Waals surface area contributed by atoms with Crippen molar-refractivity contribution in [3.8, 4) is 24.2 Å².